The summed E-state index contributed by atoms with van der Waals surface area (Å²) in [4.78, 5) is 3.94. The Morgan fingerprint density at radius 2 is 1.76 bits per heavy atom. The van der Waals surface area contributed by atoms with E-state index in [0.717, 1.165) is 11.1 Å². The van der Waals surface area contributed by atoms with E-state index >= 15 is 0 Å². The second-order valence-corrected chi connectivity index (χ2v) is 3.77. The van der Waals surface area contributed by atoms with Gasteiger partial charge in [0, 0.05) is 37.1 Å². The Morgan fingerprint density at radius 1 is 1.00 bits per heavy atom. The van der Waals surface area contributed by atoms with E-state index in [1.807, 2.05) is 12.1 Å². The van der Waals surface area contributed by atoms with Gasteiger partial charge in [-0.3, -0.25) is 4.98 Å². The van der Waals surface area contributed by atoms with Crippen molar-refractivity contribution in [1.29, 1.82) is 0 Å². The standard InChI is InChI=1S/C13H14N2O2/c16-12-2-1-11(13(17)7-12)9-15-8-10-3-5-14-6-4-10/h1-7,15-17H,8-9H2. The van der Waals surface area contributed by atoms with Gasteiger partial charge >= 0.3 is 0 Å². The van der Waals surface area contributed by atoms with Gasteiger partial charge in [0.25, 0.3) is 0 Å². The number of pyridine rings is 1. The predicted octanol–water partition coefficient (Wildman–Crippen LogP) is 1.78. The molecule has 1 heterocycles. The van der Waals surface area contributed by atoms with Crippen molar-refractivity contribution in [2.75, 3.05) is 0 Å². The van der Waals surface area contributed by atoms with Gasteiger partial charge < -0.3 is 15.5 Å². The summed E-state index contributed by atoms with van der Waals surface area (Å²) in [7, 11) is 0. The molecular weight excluding hydrogens is 216 g/mol. The highest BCUT2D eigenvalue weighted by atomic mass is 16.3. The van der Waals surface area contributed by atoms with Gasteiger partial charge in [-0.2, -0.15) is 0 Å². The number of aromatic nitrogens is 1. The highest BCUT2D eigenvalue weighted by molar-refractivity contribution is 5.38. The summed E-state index contributed by atoms with van der Waals surface area (Å²) < 4.78 is 0. The monoisotopic (exact) mass is 230 g/mol. The molecule has 2 rings (SSSR count). The van der Waals surface area contributed by atoms with Gasteiger partial charge in [-0.25, -0.2) is 0 Å². The molecule has 0 fully saturated rings. The molecule has 1 aromatic carbocycles. The molecular formula is C13H14N2O2. The third-order valence-electron chi connectivity index (χ3n) is 2.46. The first-order valence-corrected chi connectivity index (χ1v) is 5.36. The zero-order valence-electron chi connectivity index (χ0n) is 9.30. The fourth-order valence-electron chi connectivity index (χ4n) is 1.54. The molecule has 2 aromatic rings. The maximum atomic E-state index is 9.58. The lowest BCUT2D eigenvalue weighted by Gasteiger charge is -2.07. The number of nitrogens with zero attached hydrogens (tertiary/aromatic N) is 1. The first-order chi connectivity index (χ1) is 8.25. The van der Waals surface area contributed by atoms with E-state index < -0.39 is 0 Å². The molecule has 0 bridgehead atoms. The summed E-state index contributed by atoms with van der Waals surface area (Å²) >= 11 is 0. The van der Waals surface area contributed by atoms with Gasteiger partial charge in [0.2, 0.25) is 0 Å². The van der Waals surface area contributed by atoms with Crippen molar-refractivity contribution >= 4 is 0 Å². The van der Waals surface area contributed by atoms with Gasteiger partial charge in [0.1, 0.15) is 11.5 Å². The number of aromatic hydroxyl groups is 2. The van der Waals surface area contributed by atoms with Crippen LogP contribution in [0, 0.1) is 0 Å². The van der Waals surface area contributed by atoms with E-state index in [0.29, 0.717) is 13.1 Å². The van der Waals surface area contributed by atoms with Crippen LogP contribution in [0.15, 0.2) is 42.7 Å². The van der Waals surface area contributed by atoms with Crippen LogP contribution in [0.4, 0.5) is 0 Å². The number of rotatable bonds is 4. The van der Waals surface area contributed by atoms with Gasteiger partial charge in [0.05, 0.1) is 0 Å². The van der Waals surface area contributed by atoms with E-state index in [1.54, 1.807) is 24.5 Å². The minimum Gasteiger partial charge on any atom is -0.508 e. The van der Waals surface area contributed by atoms with Crippen LogP contribution in [-0.2, 0) is 13.1 Å². The van der Waals surface area contributed by atoms with Crippen molar-refractivity contribution in [3.05, 3.63) is 53.9 Å². The molecule has 0 spiro atoms. The summed E-state index contributed by atoms with van der Waals surface area (Å²) in [6, 6.07) is 8.46. The Labute approximate surface area is 99.6 Å². The second kappa shape index (κ2) is 5.32. The minimum atomic E-state index is 0.0698. The second-order valence-electron chi connectivity index (χ2n) is 3.77. The lowest BCUT2D eigenvalue weighted by atomic mass is 10.2. The number of phenols is 2. The van der Waals surface area contributed by atoms with Crippen molar-refractivity contribution in [3.63, 3.8) is 0 Å². The molecule has 0 atom stereocenters. The average molecular weight is 230 g/mol. The topological polar surface area (TPSA) is 65.4 Å². The number of hydrogen-bond donors (Lipinski definition) is 3. The molecule has 17 heavy (non-hydrogen) atoms. The van der Waals surface area contributed by atoms with Crippen LogP contribution in [-0.4, -0.2) is 15.2 Å². The normalized spacial score (nSPS) is 10.4. The minimum absolute atomic E-state index is 0.0698. The summed E-state index contributed by atoms with van der Waals surface area (Å²) in [6.07, 6.45) is 3.49. The number of phenolic OH excluding ortho intramolecular Hbond substituents is 2. The highest BCUT2D eigenvalue weighted by Crippen LogP contribution is 2.22. The van der Waals surface area contributed by atoms with E-state index in [2.05, 4.69) is 10.3 Å². The van der Waals surface area contributed by atoms with Crippen molar-refractivity contribution < 1.29 is 10.2 Å². The van der Waals surface area contributed by atoms with Gasteiger partial charge in [-0.15, -0.1) is 0 Å². The van der Waals surface area contributed by atoms with Crippen LogP contribution in [0.5, 0.6) is 11.5 Å². The van der Waals surface area contributed by atoms with Crippen LogP contribution in [0.25, 0.3) is 0 Å². The first kappa shape index (κ1) is 11.4. The molecule has 0 amide bonds. The van der Waals surface area contributed by atoms with Crippen LogP contribution >= 0.6 is 0 Å². The lowest BCUT2D eigenvalue weighted by molar-refractivity contribution is 0.443. The maximum Gasteiger partial charge on any atom is 0.123 e. The van der Waals surface area contributed by atoms with E-state index in [4.69, 9.17) is 5.11 Å². The van der Waals surface area contributed by atoms with E-state index in [-0.39, 0.29) is 11.5 Å². The van der Waals surface area contributed by atoms with Crippen LogP contribution in [0.2, 0.25) is 0 Å². The number of hydrogen-bond acceptors (Lipinski definition) is 4. The largest absolute Gasteiger partial charge is 0.508 e. The molecule has 0 radical (unpaired) electrons. The quantitative estimate of drug-likeness (QED) is 0.749. The molecule has 0 saturated heterocycles. The van der Waals surface area contributed by atoms with Crippen molar-refractivity contribution in [3.8, 4) is 11.5 Å². The van der Waals surface area contributed by atoms with Gasteiger partial charge in [-0.05, 0) is 23.8 Å². The maximum absolute atomic E-state index is 9.58. The smallest absolute Gasteiger partial charge is 0.123 e. The van der Waals surface area contributed by atoms with Crippen molar-refractivity contribution in [1.82, 2.24) is 10.3 Å². The predicted molar refractivity (Wildman–Crippen MR) is 64.6 cm³/mol. The summed E-state index contributed by atoms with van der Waals surface area (Å²) in [6.45, 7) is 1.26. The number of benzene rings is 1. The molecule has 88 valence electrons. The SMILES string of the molecule is Oc1ccc(CNCc2ccncc2)c(O)c1. The van der Waals surface area contributed by atoms with Gasteiger partial charge in [-0.1, -0.05) is 6.07 Å². The Hall–Kier alpha value is -2.07. The molecule has 4 heteroatoms. The Bertz CT molecular complexity index is 486. The van der Waals surface area contributed by atoms with Gasteiger partial charge in [0.15, 0.2) is 0 Å². The molecule has 1 aromatic heterocycles. The fraction of sp³-hybridized carbons (Fsp3) is 0.154. The zero-order valence-corrected chi connectivity index (χ0v) is 9.30. The number of nitrogens with one attached hydrogen (secondary N) is 1. The van der Waals surface area contributed by atoms with Crippen LogP contribution in [0.1, 0.15) is 11.1 Å². The van der Waals surface area contributed by atoms with Crippen molar-refractivity contribution in [2.45, 2.75) is 13.1 Å². The first-order valence-electron chi connectivity index (χ1n) is 5.36. The van der Waals surface area contributed by atoms with Crippen LogP contribution < -0.4 is 5.32 Å². The Kier molecular flexibility index (Phi) is 3.57. The molecule has 0 aliphatic rings. The molecule has 0 aliphatic heterocycles. The summed E-state index contributed by atoms with van der Waals surface area (Å²) in [5, 5.41) is 21.9. The third-order valence-corrected chi connectivity index (χ3v) is 2.46. The Morgan fingerprint density at radius 3 is 2.47 bits per heavy atom. The third kappa shape index (κ3) is 3.19. The van der Waals surface area contributed by atoms with Crippen molar-refractivity contribution in [2.24, 2.45) is 0 Å². The molecule has 4 nitrogen and oxygen atoms in total. The molecule has 0 saturated carbocycles. The molecule has 3 N–H and O–H groups in total. The van der Waals surface area contributed by atoms with Crippen LogP contribution in [0.3, 0.4) is 0 Å². The zero-order chi connectivity index (χ0) is 12.1. The lowest BCUT2D eigenvalue weighted by Crippen LogP contribution is -2.12. The average Bonchev–Trinajstić information content (AvgIpc) is 2.33. The summed E-state index contributed by atoms with van der Waals surface area (Å²) in [5.41, 5.74) is 1.90. The van der Waals surface area contributed by atoms with E-state index in [9.17, 15) is 5.11 Å². The summed E-state index contributed by atoms with van der Waals surface area (Å²) in [5.74, 6) is 0.174. The Balaban J connectivity index is 1.90. The fourth-order valence-corrected chi connectivity index (χ4v) is 1.54. The van der Waals surface area contributed by atoms with E-state index in [1.165, 1.54) is 6.07 Å². The molecule has 0 aliphatic carbocycles. The highest BCUT2D eigenvalue weighted by Gasteiger charge is 2.01. The molecule has 0 unspecified atom stereocenters.